The van der Waals surface area contributed by atoms with Gasteiger partial charge >= 0.3 is 0 Å². The third-order valence-corrected chi connectivity index (χ3v) is 4.23. The highest BCUT2D eigenvalue weighted by Gasteiger charge is 2.24. The molecule has 2 N–H and O–H groups in total. The van der Waals surface area contributed by atoms with Gasteiger partial charge in [-0.25, -0.2) is 4.39 Å². The number of nitrogens with one attached hydrogen (secondary N) is 2. The van der Waals surface area contributed by atoms with Gasteiger partial charge in [-0.1, -0.05) is 12.1 Å². The molecular formula is C17H26FN3O. The monoisotopic (exact) mass is 307 g/mol. The zero-order chi connectivity index (χ0) is 15.9. The fourth-order valence-electron chi connectivity index (χ4n) is 2.92. The van der Waals surface area contributed by atoms with Crippen molar-refractivity contribution >= 4 is 11.6 Å². The summed E-state index contributed by atoms with van der Waals surface area (Å²) in [4.78, 5) is 14.0. The van der Waals surface area contributed by atoms with E-state index < -0.39 is 0 Å². The van der Waals surface area contributed by atoms with Crippen LogP contribution in [-0.4, -0.2) is 38.6 Å². The van der Waals surface area contributed by atoms with Gasteiger partial charge < -0.3 is 15.5 Å². The van der Waals surface area contributed by atoms with Crippen molar-refractivity contribution in [3.8, 4) is 0 Å². The molecule has 1 aromatic carbocycles. The van der Waals surface area contributed by atoms with Crippen LogP contribution in [0.1, 0.15) is 26.2 Å². The fourth-order valence-corrected chi connectivity index (χ4v) is 2.92. The molecule has 1 aliphatic rings. The fraction of sp³-hybridized carbons (Fsp3) is 0.588. The van der Waals surface area contributed by atoms with Crippen LogP contribution in [0.15, 0.2) is 24.3 Å². The summed E-state index contributed by atoms with van der Waals surface area (Å²) in [5, 5.41) is 6.36. The largest absolute Gasteiger partial charge is 0.372 e. The highest BCUT2D eigenvalue weighted by molar-refractivity contribution is 5.78. The molecular weight excluding hydrogens is 281 g/mol. The van der Waals surface area contributed by atoms with Crippen LogP contribution in [0.5, 0.6) is 0 Å². The molecule has 1 saturated heterocycles. The minimum absolute atomic E-state index is 0.126. The minimum Gasteiger partial charge on any atom is -0.372 e. The summed E-state index contributed by atoms with van der Waals surface area (Å²) in [5.74, 6) is 0.0696. The van der Waals surface area contributed by atoms with E-state index in [4.69, 9.17) is 0 Å². The number of carbonyl (C=O) groups is 1. The van der Waals surface area contributed by atoms with Crippen molar-refractivity contribution in [2.24, 2.45) is 5.92 Å². The maximum Gasteiger partial charge on any atom is 0.223 e. The number of hydrogen-bond donors (Lipinski definition) is 2. The van der Waals surface area contributed by atoms with E-state index in [1.54, 1.807) is 12.1 Å². The average Bonchev–Trinajstić information content (AvgIpc) is 2.51. The van der Waals surface area contributed by atoms with Gasteiger partial charge in [0.2, 0.25) is 5.91 Å². The average molecular weight is 307 g/mol. The first-order chi connectivity index (χ1) is 10.6. The maximum atomic E-state index is 13.6. The normalized spacial score (nSPS) is 21.4. The maximum absolute atomic E-state index is 13.6. The summed E-state index contributed by atoms with van der Waals surface area (Å²) in [6, 6.07) is 7.16. The highest BCUT2D eigenvalue weighted by Crippen LogP contribution is 2.17. The van der Waals surface area contributed by atoms with Gasteiger partial charge in [-0.05, 0) is 44.9 Å². The quantitative estimate of drug-likeness (QED) is 0.792. The molecule has 1 amide bonds. The molecule has 2 atom stereocenters. The van der Waals surface area contributed by atoms with E-state index in [1.807, 2.05) is 18.0 Å². The second-order valence-corrected chi connectivity index (χ2v) is 6.09. The number of para-hydroxylation sites is 1. The summed E-state index contributed by atoms with van der Waals surface area (Å²) in [6.45, 7) is 4.37. The second kappa shape index (κ2) is 8.13. The van der Waals surface area contributed by atoms with E-state index in [-0.39, 0.29) is 17.6 Å². The lowest BCUT2D eigenvalue weighted by Gasteiger charge is -2.27. The Morgan fingerprint density at radius 1 is 1.45 bits per heavy atom. The zero-order valence-corrected chi connectivity index (χ0v) is 13.4. The summed E-state index contributed by atoms with van der Waals surface area (Å²) < 4.78 is 13.6. The Bertz CT molecular complexity index is 495. The molecule has 1 fully saturated rings. The number of amides is 1. The number of piperidine rings is 1. The van der Waals surface area contributed by atoms with E-state index in [1.165, 1.54) is 6.07 Å². The van der Waals surface area contributed by atoms with Crippen molar-refractivity contribution in [2.75, 3.05) is 31.6 Å². The lowest BCUT2D eigenvalue weighted by molar-refractivity contribution is -0.126. The first-order valence-corrected chi connectivity index (χ1v) is 8.04. The predicted octanol–water partition coefficient (Wildman–Crippen LogP) is 2.16. The van der Waals surface area contributed by atoms with E-state index in [0.717, 1.165) is 25.8 Å². The lowest BCUT2D eigenvalue weighted by atomic mass is 9.92. The predicted molar refractivity (Wildman–Crippen MR) is 87.5 cm³/mol. The number of halogens is 1. The summed E-state index contributed by atoms with van der Waals surface area (Å²) in [5.41, 5.74) is 0.598. The van der Waals surface area contributed by atoms with Gasteiger partial charge in [0, 0.05) is 32.1 Å². The number of rotatable bonds is 6. The van der Waals surface area contributed by atoms with Crippen molar-refractivity contribution in [3.63, 3.8) is 0 Å². The van der Waals surface area contributed by atoms with Gasteiger partial charge in [-0.2, -0.15) is 0 Å². The van der Waals surface area contributed by atoms with Gasteiger partial charge in [0.25, 0.3) is 0 Å². The number of carbonyl (C=O) groups excluding carboxylic acids is 1. The summed E-state index contributed by atoms with van der Waals surface area (Å²) >= 11 is 0. The third kappa shape index (κ3) is 4.70. The topological polar surface area (TPSA) is 44.4 Å². The first kappa shape index (κ1) is 16.7. The number of anilines is 1. The molecule has 0 saturated carbocycles. The molecule has 22 heavy (non-hydrogen) atoms. The van der Waals surface area contributed by atoms with E-state index in [0.29, 0.717) is 24.8 Å². The third-order valence-electron chi connectivity index (χ3n) is 4.23. The lowest BCUT2D eigenvalue weighted by Crippen LogP contribution is -2.42. The molecule has 4 nitrogen and oxygen atoms in total. The van der Waals surface area contributed by atoms with Crippen molar-refractivity contribution < 1.29 is 9.18 Å². The van der Waals surface area contributed by atoms with Crippen LogP contribution >= 0.6 is 0 Å². The standard InChI is InChI=1S/C17H26FN3O/c1-13-12-14(8-10-19-13)17(22)20-9-5-11-21(2)16-7-4-3-6-15(16)18/h3-4,6-7,13-14,19H,5,8-12H2,1-2H3,(H,20,22)/t13-,14-/m0/s1. The van der Waals surface area contributed by atoms with Crippen molar-refractivity contribution in [3.05, 3.63) is 30.1 Å². The van der Waals surface area contributed by atoms with Gasteiger partial charge in [0.1, 0.15) is 5.82 Å². The molecule has 122 valence electrons. The second-order valence-electron chi connectivity index (χ2n) is 6.09. The van der Waals surface area contributed by atoms with Crippen LogP contribution in [0.2, 0.25) is 0 Å². The van der Waals surface area contributed by atoms with Crippen LogP contribution < -0.4 is 15.5 Å². The van der Waals surface area contributed by atoms with E-state index in [9.17, 15) is 9.18 Å². The molecule has 0 aliphatic carbocycles. The van der Waals surface area contributed by atoms with E-state index in [2.05, 4.69) is 17.6 Å². The van der Waals surface area contributed by atoms with Gasteiger partial charge in [0.05, 0.1) is 5.69 Å². The molecule has 1 heterocycles. The molecule has 1 aromatic rings. The number of hydrogen-bond acceptors (Lipinski definition) is 3. The molecule has 0 bridgehead atoms. The summed E-state index contributed by atoms with van der Waals surface area (Å²) in [6.07, 6.45) is 2.61. The van der Waals surface area contributed by atoms with Crippen LogP contribution in [0.25, 0.3) is 0 Å². The van der Waals surface area contributed by atoms with Crippen molar-refractivity contribution in [2.45, 2.75) is 32.2 Å². The molecule has 0 radical (unpaired) electrons. The molecule has 1 aliphatic heterocycles. The minimum atomic E-state index is -0.210. The molecule has 0 aromatic heterocycles. The van der Waals surface area contributed by atoms with E-state index >= 15 is 0 Å². The van der Waals surface area contributed by atoms with Crippen molar-refractivity contribution in [1.82, 2.24) is 10.6 Å². The van der Waals surface area contributed by atoms with Gasteiger partial charge in [-0.3, -0.25) is 4.79 Å². The Morgan fingerprint density at radius 2 is 2.23 bits per heavy atom. The number of nitrogens with zero attached hydrogens (tertiary/aromatic N) is 1. The van der Waals surface area contributed by atoms with Crippen LogP contribution in [0, 0.1) is 11.7 Å². The smallest absolute Gasteiger partial charge is 0.223 e. The Balaban J connectivity index is 1.68. The van der Waals surface area contributed by atoms with Gasteiger partial charge in [-0.15, -0.1) is 0 Å². The van der Waals surface area contributed by atoms with Gasteiger partial charge in [0.15, 0.2) is 0 Å². The highest BCUT2D eigenvalue weighted by atomic mass is 19.1. The van der Waals surface area contributed by atoms with Crippen LogP contribution in [0.3, 0.4) is 0 Å². The van der Waals surface area contributed by atoms with Crippen LogP contribution in [0.4, 0.5) is 10.1 Å². The molecule has 0 unspecified atom stereocenters. The Kier molecular flexibility index (Phi) is 6.19. The summed E-state index contributed by atoms with van der Waals surface area (Å²) in [7, 11) is 1.87. The zero-order valence-electron chi connectivity index (χ0n) is 13.4. The molecule has 0 spiro atoms. The van der Waals surface area contributed by atoms with Crippen molar-refractivity contribution in [1.29, 1.82) is 0 Å². The van der Waals surface area contributed by atoms with Crippen LogP contribution in [-0.2, 0) is 4.79 Å². The Labute approximate surface area is 132 Å². The number of benzene rings is 1. The Morgan fingerprint density at radius 3 is 2.95 bits per heavy atom. The Hall–Kier alpha value is -1.62. The molecule has 2 rings (SSSR count). The molecule has 5 heteroatoms. The first-order valence-electron chi connectivity index (χ1n) is 8.04. The SMILES string of the molecule is C[C@H]1C[C@@H](C(=O)NCCCN(C)c2ccccc2F)CCN1.